The molecule has 5 nitrogen and oxygen atoms in total. The first kappa shape index (κ1) is 17.3. The lowest BCUT2D eigenvalue weighted by molar-refractivity contribution is 0.296. The molecule has 1 aromatic rings. The van der Waals surface area contributed by atoms with Crippen LogP contribution in [0.4, 0.5) is 0 Å². The summed E-state index contributed by atoms with van der Waals surface area (Å²) in [6.07, 6.45) is 2.13. The summed E-state index contributed by atoms with van der Waals surface area (Å²) in [4.78, 5) is 6.84. The molecular formula is C18H27N3O2S. The second-order valence-corrected chi connectivity index (χ2v) is 7.45. The van der Waals surface area contributed by atoms with Gasteiger partial charge in [0.05, 0.1) is 13.2 Å². The molecular weight excluding hydrogens is 322 g/mol. The predicted molar refractivity (Wildman–Crippen MR) is 100 cm³/mol. The molecule has 2 heterocycles. The van der Waals surface area contributed by atoms with Crippen molar-refractivity contribution in [1.29, 1.82) is 0 Å². The Bertz CT molecular complexity index is 579. The first-order valence-corrected chi connectivity index (χ1v) is 9.81. The lowest BCUT2D eigenvalue weighted by Crippen LogP contribution is -2.47. The summed E-state index contributed by atoms with van der Waals surface area (Å²) in [6, 6.07) is 6.10. The van der Waals surface area contributed by atoms with Crippen molar-refractivity contribution in [2.45, 2.75) is 31.6 Å². The van der Waals surface area contributed by atoms with Gasteiger partial charge in [0.1, 0.15) is 0 Å². The summed E-state index contributed by atoms with van der Waals surface area (Å²) >= 11 is 2.07. The van der Waals surface area contributed by atoms with Crippen molar-refractivity contribution >= 4 is 17.7 Å². The number of thioether (sulfide) groups is 1. The minimum absolute atomic E-state index is 0.694. The molecule has 0 bridgehead atoms. The van der Waals surface area contributed by atoms with E-state index in [1.54, 1.807) is 0 Å². The lowest BCUT2D eigenvalue weighted by atomic mass is 10.2. The highest BCUT2D eigenvalue weighted by atomic mass is 32.2. The number of nitrogens with zero attached hydrogens (tertiary/aromatic N) is 2. The zero-order chi connectivity index (χ0) is 16.8. The van der Waals surface area contributed by atoms with Crippen molar-refractivity contribution < 1.29 is 9.47 Å². The van der Waals surface area contributed by atoms with Gasteiger partial charge < -0.3 is 19.7 Å². The van der Waals surface area contributed by atoms with Gasteiger partial charge in [0.15, 0.2) is 17.5 Å². The molecule has 0 aromatic heterocycles. The second-order valence-electron chi connectivity index (χ2n) is 6.04. The van der Waals surface area contributed by atoms with Crippen LogP contribution in [0.15, 0.2) is 23.2 Å². The molecule has 0 aliphatic carbocycles. The molecule has 1 unspecified atom stereocenters. The van der Waals surface area contributed by atoms with Crippen LogP contribution < -0.4 is 14.8 Å². The van der Waals surface area contributed by atoms with Crippen molar-refractivity contribution in [3.63, 3.8) is 0 Å². The summed E-state index contributed by atoms with van der Waals surface area (Å²) in [6.45, 7) is 6.49. The average Bonchev–Trinajstić information content (AvgIpc) is 2.88. The van der Waals surface area contributed by atoms with Crippen molar-refractivity contribution in [1.82, 2.24) is 10.2 Å². The van der Waals surface area contributed by atoms with E-state index in [-0.39, 0.29) is 0 Å². The van der Waals surface area contributed by atoms with E-state index in [0.29, 0.717) is 18.4 Å². The highest BCUT2D eigenvalue weighted by molar-refractivity contribution is 8.00. The van der Waals surface area contributed by atoms with Gasteiger partial charge in [-0.15, -0.1) is 0 Å². The Balaban J connectivity index is 1.66. The van der Waals surface area contributed by atoms with Gasteiger partial charge in [-0.25, -0.2) is 0 Å². The predicted octanol–water partition coefficient (Wildman–Crippen LogP) is 2.75. The van der Waals surface area contributed by atoms with Gasteiger partial charge in [-0.05, 0) is 12.5 Å². The van der Waals surface area contributed by atoms with Gasteiger partial charge in [0.25, 0.3) is 0 Å². The fraction of sp³-hybridized carbons (Fsp3) is 0.611. The van der Waals surface area contributed by atoms with E-state index < -0.39 is 0 Å². The third-order valence-corrected chi connectivity index (χ3v) is 5.77. The lowest BCUT2D eigenvalue weighted by Gasteiger charge is -2.34. The number of ether oxygens (including phenoxy) is 2. The summed E-state index contributed by atoms with van der Waals surface area (Å²) in [5, 5.41) is 4.20. The molecule has 1 atom stereocenters. The Labute approximate surface area is 148 Å². The second kappa shape index (κ2) is 8.51. The Kier molecular flexibility index (Phi) is 6.12. The van der Waals surface area contributed by atoms with Gasteiger partial charge in [-0.2, -0.15) is 11.8 Å². The summed E-state index contributed by atoms with van der Waals surface area (Å²) < 4.78 is 11.7. The van der Waals surface area contributed by atoms with Crippen molar-refractivity contribution in [3.8, 4) is 11.5 Å². The number of nitrogens with one attached hydrogen (secondary N) is 1. The maximum Gasteiger partial charge on any atom is 0.193 e. The topological polar surface area (TPSA) is 46.1 Å². The van der Waals surface area contributed by atoms with Crippen molar-refractivity contribution in [3.05, 3.63) is 23.8 Å². The van der Waals surface area contributed by atoms with Crippen LogP contribution >= 0.6 is 11.8 Å². The van der Waals surface area contributed by atoms with E-state index in [2.05, 4.69) is 40.0 Å². The third-order valence-electron chi connectivity index (χ3n) is 4.40. The first-order valence-electron chi connectivity index (χ1n) is 8.76. The highest BCUT2D eigenvalue weighted by Crippen LogP contribution is 2.33. The van der Waals surface area contributed by atoms with Crippen LogP contribution in [0.5, 0.6) is 11.5 Å². The molecule has 6 heteroatoms. The maximum atomic E-state index is 5.90. The molecule has 0 radical (unpaired) electrons. The largest absolute Gasteiger partial charge is 0.490 e. The number of guanidine groups is 1. The van der Waals surface area contributed by atoms with Crippen LogP contribution in [0, 0.1) is 0 Å². The number of rotatable bonds is 3. The number of aliphatic imine (C=N–C) groups is 1. The minimum atomic E-state index is 0.694. The third kappa shape index (κ3) is 4.09. The van der Waals surface area contributed by atoms with E-state index in [0.717, 1.165) is 54.9 Å². The fourth-order valence-corrected chi connectivity index (χ4v) is 4.24. The summed E-state index contributed by atoms with van der Waals surface area (Å²) in [7, 11) is 1.86. The normalized spacial score (nSPS) is 21.3. The number of benzene rings is 1. The van der Waals surface area contributed by atoms with Crippen LogP contribution in [0.3, 0.4) is 0 Å². The van der Waals surface area contributed by atoms with Crippen LogP contribution in [0.25, 0.3) is 0 Å². The van der Waals surface area contributed by atoms with Crippen molar-refractivity contribution in [2.24, 2.45) is 4.99 Å². The molecule has 1 N–H and O–H groups in total. The molecule has 0 spiro atoms. The molecule has 0 saturated carbocycles. The van der Waals surface area contributed by atoms with E-state index in [9.17, 15) is 0 Å². The van der Waals surface area contributed by atoms with Gasteiger partial charge >= 0.3 is 0 Å². The molecule has 0 amide bonds. The van der Waals surface area contributed by atoms with E-state index in [4.69, 9.17) is 9.47 Å². The Morgan fingerprint density at radius 1 is 1.38 bits per heavy atom. The number of hydrogen-bond acceptors (Lipinski definition) is 4. The summed E-state index contributed by atoms with van der Waals surface area (Å²) in [5.41, 5.74) is 1.12. The van der Waals surface area contributed by atoms with E-state index in [1.165, 1.54) is 6.42 Å². The van der Waals surface area contributed by atoms with Crippen LogP contribution in [-0.2, 0) is 6.54 Å². The minimum Gasteiger partial charge on any atom is -0.490 e. The van der Waals surface area contributed by atoms with Gasteiger partial charge in [0, 0.05) is 49.7 Å². The van der Waals surface area contributed by atoms with Crippen molar-refractivity contribution in [2.75, 3.05) is 39.1 Å². The number of hydrogen-bond donors (Lipinski definition) is 1. The average molecular weight is 350 g/mol. The molecule has 2 aliphatic heterocycles. The van der Waals surface area contributed by atoms with E-state index in [1.807, 2.05) is 19.2 Å². The zero-order valence-electron chi connectivity index (χ0n) is 14.6. The quantitative estimate of drug-likeness (QED) is 0.672. The Hall–Kier alpha value is -1.56. The Morgan fingerprint density at radius 3 is 3.08 bits per heavy atom. The molecule has 24 heavy (non-hydrogen) atoms. The zero-order valence-corrected chi connectivity index (χ0v) is 15.4. The molecule has 2 aliphatic rings. The number of para-hydroxylation sites is 1. The molecule has 1 saturated heterocycles. The molecule has 1 fully saturated rings. The molecule has 132 valence electrons. The van der Waals surface area contributed by atoms with Gasteiger partial charge in [-0.1, -0.05) is 19.1 Å². The maximum absolute atomic E-state index is 5.90. The summed E-state index contributed by atoms with van der Waals surface area (Å²) in [5.74, 6) is 3.86. The van der Waals surface area contributed by atoms with E-state index >= 15 is 0 Å². The monoisotopic (exact) mass is 349 g/mol. The number of fused-ring (bicyclic) bond motifs is 1. The Morgan fingerprint density at radius 2 is 2.25 bits per heavy atom. The van der Waals surface area contributed by atoms with Crippen LogP contribution in [-0.4, -0.2) is 55.2 Å². The smallest absolute Gasteiger partial charge is 0.193 e. The highest BCUT2D eigenvalue weighted by Gasteiger charge is 2.22. The van der Waals surface area contributed by atoms with Crippen LogP contribution in [0.1, 0.15) is 25.3 Å². The molecule has 3 rings (SSSR count). The molecule has 1 aromatic carbocycles. The van der Waals surface area contributed by atoms with Gasteiger partial charge in [0.2, 0.25) is 0 Å². The fourth-order valence-electron chi connectivity index (χ4n) is 3.06. The SMILES string of the molecule is CCC1CN(C(=NC)NCc2cccc3c2OCCCO3)CCS1. The first-order chi connectivity index (χ1) is 11.8. The standard InChI is InChI=1S/C18H27N3O2S/c1-3-15-13-21(8-11-24-15)18(19-2)20-12-14-6-4-7-16-17(14)23-10-5-9-22-16/h4,6-7,15H,3,5,8-13H2,1-2H3,(H,19,20). The van der Waals surface area contributed by atoms with Gasteiger partial charge in [-0.3, -0.25) is 4.99 Å². The van der Waals surface area contributed by atoms with Crippen LogP contribution in [0.2, 0.25) is 0 Å².